The van der Waals surface area contributed by atoms with Gasteiger partial charge in [-0.05, 0) is 31.0 Å². The van der Waals surface area contributed by atoms with Crippen LogP contribution in [0.25, 0.3) is 0 Å². The molecule has 0 aromatic heterocycles. The van der Waals surface area contributed by atoms with E-state index in [1.807, 2.05) is 60.7 Å². The number of hydrogen-bond acceptors (Lipinski definition) is 4. The van der Waals surface area contributed by atoms with Crippen molar-refractivity contribution in [2.45, 2.75) is 38.5 Å². The number of anilines is 1. The molecule has 6 nitrogen and oxygen atoms in total. The average molecular weight is 396 g/mol. The third-order valence-electron chi connectivity index (χ3n) is 5.35. The molecule has 6 heteroatoms. The fourth-order valence-electron chi connectivity index (χ4n) is 3.83. The molecule has 2 aromatic carbocycles. The minimum Gasteiger partial charge on any atom is -0.392 e. The van der Waals surface area contributed by atoms with Gasteiger partial charge in [0.25, 0.3) is 0 Å². The molecule has 0 aliphatic carbocycles. The molecule has 2 amide bonds. The quantitative estimate of drug-likeness (QED) is 0.755. The average Bonchev–Trinajstić information content (AvgIpc) is 3.13. The van der Waals surface area contributed by atoms with Crippen LogP contribution < -0.4 is 10.2 Å². The molecule has 1 aliphatic rings. The Hall–Kier alpha value is -2.70. The first-order valence-electron chi connectivity index (χ1n) is 10.1. The van der Waals surface area contributed by atoms with E-state index >= 15 is 0 Å². The van der Waals surface area contributed by atoms with Crippen LogP contribution in [0, 0.1) is 0 Å². The van der Waals surface area contributed by atoms with E-state index in [-0.39, 0.29) is 24.0 Å². The summed E-state index contributed by atoms with van der Waals surface area (Å²) in [6.45, 7) is 5.24. The van der Waals surface area contributed by atoms with Gasteiger partial charge in [-0.15, -0.1) is 0 Å². The number of benzene rings is 2. The van der Waals surface area contributed by atoms with Crippen molar-refractivity contribution in [1.82, 2.24) is 10.2 Å². The van der Waals surface area contributed by atoms with Gasteiger partial charge in [-0.2, -0.15) is 0 Å². The summed E-state index contributed by atoms with van der Waals surface area (Å²) in [5.41, 5.74) is 1.70. The molecule has 2 N–H and O–H groups in total. The molecule has 29 heavy (non-hydrogen) atoms. The maximum atomic E-state index is 13.1. The van der Waals surface area contributed by atoms with Crippen molar-refractivity contribution < 1.29 is 14.7 Å². The van der Waals surface area contributed by atoms with Crippen molar-refractivity contribution in [3.05, 3.63) is 66.2 Å². The standard InChI is InChI=1S/C23H29N3O3/c1-17(26(18(2)27)20-11-7-4-8-12-20)23(29)24-22(19-9-5-3-6-10-19)16-25-14-13-21(28)15-25/h3-12,17,21-22,28H,13-16H2,1-2H3,(H,24,29). The number of para-hydroxylation sites is 1. The lowest BCUT2D eigenvalue weighted by atomic mass is 10.1. The lowest BCUT2D eigenvalue weighted by Crippen LogP contribution is -2.49. The van der Waals surface area contributed by atoms with Gasteiger partial charge in [-0.1, -0.05) is 48.5 Å². The van der Waals surface area contributed by atoms with Gasteiger partial charge in [0.05, 0.1) is 12.1 Å². The summed E-state index contributed by atoms with van der Waals surface area (Å²) in [5.74, 6) is -0.393. The number of aliphatic hydroxyl groups excluding tert-OH is 1. The molecule has 3 unspecified atom stereocenters. The SMILES string of the molecule is CC(=O)N(c1ccccc1)C(C)C(=O)NC(CN1CCC(O)C1)c1ccccc1. The van der Waals surface area contributed by atoms with Crippen LogP contribution in [0.1, 0.15) is 31.9 Å². The molecule has 1 fully saturated rings. The second kappa shape index (κ2) is 9.67. The molecular formula is C23H29N3O3. The Bertz CT molecular complexity index is 813. The van der Waals surface area contributed by atoms with Gasteiger partial charge in [0.15, 0.2) is 0 Å². The lowest BCUT2D eigenvalue weighted by molar-refractivity contribution is -0.126. The fraction of sp³-hybridized carbons (Fsp3) is 0.391. The number of carbonyl (C=O) groups excluding carboxylic acids is 2. The summed E-state index contributed by atoms with van der Waals surface area (Å²) in [5, 5.41) is 13.0. The molecule has 1 saturated heterocycles. The van der Waals surface area contributed by atoms with Gasteiger partial charge in [0.2, 0.25) is 11.8 Å². The fourth-order valence-corrected chi connectivity index (χ4v) is 3.83. The first-order chi connectivity index (χ1) is 14.0. The molecule has 1 heterocycles. The van der Waals surface area contributed by atoms with Gasteiger partial charge >= 0.3 is 0 Å². The van der Waals surface area contributed by atoms with E-state index in [1.165, 1.54) is 11.8 Å². The zero-order valence-corrected chi connectivity index (χ0v) is 17.0. The van der Waals surface area contributed by atoms with Crippen molar-refractivity contribution in [2.24, 2.45) is 0 Å². The van der Waals surface area contributed by atoms with Crippen molar-refractivity contribution in [3.63, 3.8) is 0 Å². The number of hydrogen-bond donors (Lipinski definition) is 2. The predicted octanol–water partition coefficient (Wildman–Crippen LogP) is 2.35. The number of aliphatic hydroxyl groups is 1. The van der Waals surface area contributed by atoms with Crippen LogP contribution in [-0.2, 0) is 9.59 Å². The van der Waals surface area contributed by atoms with Gasteiger partial charge in [-0.25, -0.2) is 0 Å². The second-order valence-electron chi connectivity index (χ2n) is 7.57. The molecule has 0 radical (unpaired) electrons. The number of amides is 2. The molecule has 0 saturated carbocycles. The highest BCUT2D eigenvalue weighted by atomic mass is 16.3. The molecular weight excluding hydrogens is 366 g/mol. The summed E-state index contributed by atoms with van der Waals surface area (Å²) >= 11 is 0. The van der Waals surface area contributed by atoms with E-state index in [2.05, 4.69) is 10.2 Å². The van der Waals surface area contributed by atoms with Gasteiger partial charge in [0.1, 0.15) is 6.04 Å². The van der Waals surface area contributed by atoms with Crippen molar-refractivity contribution >= 4 is 17.5 Å². The number of nitrogens with zero attached hydrogens (tertiary/aromatic N) is 2. The Morgan fingerprint density at radius 1 is 1.14 bits per heavy atom. The van der Waals surface area contributed by atoms with E-state index in [9.17, 15) is 14.7 Å². The minimum absolute atomic E-state index is 0.183. The monoisotopic (exact) mass is 395 g/mol. The zero-order valence-electron chi connectivity index (χ0n) is 17.0. The summed E-state index contributed by atoms with van der Waals surface area (Å²) in [6, 6.07) is 18.2. The number of nitrogens with one attached hydrogen (secondary N) is 1. The topological polar surface area (TPSA) is 72.9 Å². The molecule has 3 atom stereocenters. The minimum atomic E-state index is -0.648. The molecule has 1 aliphatic heterocycles. The first-order valence-corrected chi connectivity index (χ1v) is 10.1. The number of rotatable bonds is 7. The van der Waals surface area contributed by atoms with Gasteiger partial charge in [0, 0.05) is 32.2 Å². The smallest absolute Gasteiger partial charge is 0.243 e. The Morgan fingerprint density at radius 2 is 1.76 bits per heavy atom. The van der Waals surface area contributed by atoms with E-state index in [0.717, 1.165) is 18.5 Å². The molecule has 154 valence electrons. The maximum absolute atomic E-state index is 13.1. The molecule has 0 spiro atoms. The van der Waals surface area contributed by atoms with E-state index in [0.29, 0.717) is 18.8 Å². The van der Waals surface area contributed by atoms with Gasteiger partial charge in [-0.3, -0.25) is 14.5 Å². The second-order valence-corrected chi connectivity index (χ2v) is 7.57. The Morgan fingerprint density at radius 3 is 2.31 bits per heavy atom. The normalized spacial score (nSPS) is 18.8. The van der Waals surface area contributed by atoms with Crippen molar-refractivity contribution in [2.75, 3.05) is 24.5 Å². The van der Waals surface area contributed by atoms with E-state index in [1.54, 1.807) is 6.92 Å². The zero-order chi connectivity index (χ0) is 20.8. The number of β-amino-alcohol motifs (C(OH)–C–C–N with tert-alkyl or cyclic N) is 1. The Kier molecular flexibility index (Phi) is 7.01. The summed E-state index contributed by atoms with van der Waals surface area (Å²) < 4.78 is 0. The van der Waals surface area contributed by atoms with Gasteiger partial charge < -0.3 is 15.3 Å². The van der Waals surface area contributed by atoms with Crippen molar-refractivity contribution in [3.8, 4) is 0 Å². The highest BCUT2D eigenvalue weighted by Crippen LogP contribution is 2.21. The van der Waals surface area contributed by atoms with Crippen LogP contribution >= 0.6 is 0 Å². The largest absolute Gasteiger partial charge is 0.392 e. The van der Waals surface area contributed by atoms with Crippen LogP contribution in [0.3, 0.4) is 0 Å². The van der Waals surface area contributed by atoms with Crippen molar-refractivity contribution in [1.29, 1.82) is 0 Å². The van der Waals surface area contributed by atoms with Crippen LogP contribution in [0.2, 0.25) is 0 Å². The van der Waals surface area contributed by atoms with Crippen LogP contribution in [0.15, 0.2) is 60.7 Å². The highest BCUT2D eigenvalue weighted by molar-refractivity contribution is 5.99. The van der Waals surface area contributed by atoms with Crippen LogP contribution in [-0.4, -0.2) is 53.6 Å². The van der Waals surface area contributed by atoms with E-state index < -0.39 is 6.04 Å². The summed E-state index contributed by atoms with van der Waals surface area (Å²) in [4.78, 5) is 29.1. The molecule has 3 rings (SSSR count). The third kappa shape index (κ3) is 5.43. The highest BCUT2D eigenvalue weighted by Gasteiger charge is 2.29. The molecule has 2 aromatic rings. The first kappa shape index (κ1) is 21.0. The number of likely N-dealkylation sites (tertiary alicyclic amines) is 1. The Labute approximate surface area is 172 Å². The third-order valence-corrected chi connectivity index (χ3v) is 5.35. The lowest BCUT2D eigenvalue weighted by Gasteiger charge is -2.30. The maximum Gasteiger partial charge on any atom is 0.243 e. The summed E-state index contributed by atoms with van der Waals surface area (Å²) in [7, 11) is 0. The van der Waals surface area contributed by atoms with Crippen LogP contribution in [0.4, 0.5) is 5.69 Å². The predicted molar refractivity (Wildman–Crippen MR) is 113 cm³/mol. The number of carbonyl (C=O) groups is 2. The summed E-state index contributed by atoms with van der Waals surface area (Å²) in [6.07, 6.45) is 0.435. The Balaban J connectivity index is 1.76. The van der Waals surface area contributed by atoms with Crippen LogP contribution in [0.5, 0.6) is 0 Å². The molecule has 0 bridgehead atoms. The van der Waals surface area contributed by atoms with E-state index in [4.69, 9.17) is 0 Å².